The molecule has 5 heteroatoms. The van der Waals surface area contributed by atoms with E-state index in [0.29, 0.717) is 12.1 Å². The first-order valence-electron chi connectivity index (χ1n) is 10.9. The van der Waals surface area contributed by atoms with Crippen LogP contribution in [0.25, 0.3) is 11.0 Å². The van der Waals surface area contributed by atoms with Gasteiger partial charge in [-0.3, -0.25) is 4.90 Å². The fourth-order valence-electron chi connectivity index (χ4n) is 4.91. The number of nitrogens with one attached hydrogen (secondary N) is 1. The minimum Gasteiger partial charge on any atom is -0.490 e. The maximum absolute atomic E-state index is 6.32. The molecule has 0 bridgehead atoms. The predicted octanol–water partition coefficient (Wildman–Crippen LogP) is 3.94. The largest absolute Gasteiger partial charge is 0.490 e. The number of nitrogens with zero attached hydrogens (tertiary/aromatic N) is 3. The molecule has 2 aliphatic heterocycles. The molecule has 3 aliphatic rings. The maximum atomic E-state index is 6.32. The van der Waals surface area contributed by atoms with Crippen LogP contribution in [0.4, 0.5) is 0 Å². The molecule has 1 aromatic heterocycles. The molecule has 3 heterocycles. The van der Waals surface area contributed by atoms with E-state index in [0.717, 1.165) is 48.0 Å². The first-order chi connectivity index (χ1) is 13.2. The van der Waals surface area contributed by atoms with Crippen LogP contribution in [0.5, 0.6) is 5.75 Å². The monoisotopic (exact) mass is 368 g/mol. The minimum atomic E-state index is 0.353. The molecule has 5 nitrogen and oxygen atoms in total. The molecule has 1 aliphatic carbocycles. The van der Waals surface area contributed by atoms with Crippen LogP contribution in [-0.2, 0) is 6.54 Å². The van der Waals surface area contributed by atoms with Crippen molar-refractivity contribution in [2.75, 3.05) is 19.6 Å². The Balaban J connectivity index is 1.21. The van der Waals surface area contributed by atoms with E-state index in [9.17, 15) is 0 Å². The van der Waals surface area contributed by atoms with Crippen molar-refractivity contribution < 1.29 is 4.74 Å². The summed E-state index contributed by atoms with van der Waals surface area (Å²) in [6.45, 7) is 6.81. The third-order valence-corrected chi connectivity index (χ3v) is 6.92. The molecule has 3 fully saturated rings. The Morgan fingerprint density at radius 2 is 1.93 bits per heavy atom. The number of aromatic nitrogens is 2. The predicted molar refractivity (Wildman–Crippen MR) is 108 cm³/mol. The second-order valence-electron chi connectivity index (χ2n) is 8.76. The van der Waals surface area contributed by atoms with E-state index in [1.54, 1.807) is 0 Å². The number of likely N-dealkylation sites (tertiary alicyclic amines) is 2. The number of rotatable bonds is 5. The number of fused-ring (bicyclic) bond motifs is 1. The fraction of sp³-hybridized carbons (Fsp3) is 0.682. The first kappa shape index (κ1) is 17.5. The smallest absolute Gasteiger partial charge is 0.121 e. The van der Waals surface area contributed by atoms with Gasteiger partial charge in [0.15, 0.2) is 0 Å². The number of hydrogen-bond donors (Lipinski definition) is 1. The summed E-state index contributed by atoms with van der Waals surface area (Å²) in [4.78, 5) is 13.5. The summed E-state index contributed by atoms with van der Waals surface area (Å²) >= 11 is 0. The van der Waals surface area contributed by atoms with Gasteiger partial charge in [0, 0.05) is 31.2 Å². The first-order valence-corrected chi connectivity index (χ1v) is 10.9. The number of aromatic amines is 1. The Morgan fingerprint density at radius 1 is 1.07 bits per heavy atom. The van der Waals surface area contributed by atoms with Crippen molar-refractivity contribution in [2.24, 2.45) is 0 Å². The van der Waals surface area contributed by atoms with E-state index < -0.39 is 0 Å². The van der Waals surface area contributed by atoms with Crippen LogP contribution in [0.3, 0.4) is 0 Å². The van der Waals surface area contributed by atoms with Crippen LogP contribution in [0.15, 0.2) is 18.2 Å². The highest BCUT2D eigenvalue weighted by atomic mass is 16.5. The van der Waals surface area contributed by atoms with E-state index in [4.69, 9.17) is 9.72 Å². The average Bonchev–Trinajstić information content (AvgIpc) is 3.21. The van der Waals surface area contributed by atoms with Gasteiger partial charge in [0.1, 0.15) is 17.7 Å². The second-order valence-corrected chi connectivity index (χ2v) is 8.76. The molecule has 0 amide bonds. The molecule has 5 rings (SSSR count). The zero-order valence-corrected chi connectivity index (χ0v) is 16.5. The molecule has 0 radical (unpaired) electrons. The number of H-pyrrole nitrogens is 1. The summed E-state index contributed by atoms with van der Waals surface area (Å²) in [6, 6.07) is 7.86. The van der Waals surface area contributed by atoms with Crippen LogP contribution in [0.1, 0.15) is 57.7 Å². The lowest BCUT2D eigenvalue weighted by atomic mass is 9.90. The van der Waals surface area contributed by atoms with Crippen molar-refractivity contribution in [1.29, 1.82) is 0 Å². The molecule has 1 N–H and O–H groups in total. The zero-order valence-electron chi connectivity index (χ0n) is 16.5. The highest BCUT2D eigenvalue weighted by Gasteiger charge is 2.29. The van der Waals surface area contributed by atoms with E-state index in [1.807, 2.05) is 0 Å². The summed E-state index contributed by atoms with van der Waals surface area (Å²) in [7, 11) is 0. The lowest BCUT2D eigenvalue weighted by Gasteiger charge is -2.41. The molecule has 1 unspecified atom stereocenters. The van der Waals surface area contributed by atoms with Crippen molar-refractivity contribution in [3.63, 3.8) is 0 Å². The van der Waals surface area contributed by atoms with Crippen LogP contribution in [0.2, 0.25) is 0 Å². The van der Waals surface area contributed by atoms with Crippen LogP contribution in [0, 0.1) is 0 Å². The lowest BCUT2D eigenvalue weighted by molar-refractivity contribution is 0.0494. The van der Waals surface area contributed by atoms with Crippen LogP contribution < -0.4 is 4.74 Å². The van der Waals surface area contributed by atoms with E-state index in [1.165, 1.54) is 51.7 Å². The Labute approximate surface area is 162 Å². The Hall–Kier alpha value is -1.59. The van der Waals surface area contributed by atoms with Gasteiger partial charge in [0.05, 0.1) is 17.6 Å². The zero-order chi connectivity index (χ0) is 18.2. The number of hydrogen-bond acceptors (Lipinski definition) is 4. The van der Waals surface area contributed by atoms with Gasteiger partial charge in [-0.25, -0.2) is 4.98 Å². The van der Waals surface area contributed by atoms with Gasteiger partial charge >= 0.3 is 0 Å². The maximum Gasteiger partial charge on any atom is 0.121 e. The topological polar surface area (TPSA) is 44.4 Å². The SMILES string of the molecule is CC1CCCN1Cc1nc2ccc(OC3CCN(C4CCC4)CC3)cc2[nH]1. The highest BCUT2D eigenvalue weighted by Crippen LogP contribution is 2.29. The van der Waals surface area contributed by atoms with E-state index in [-0.39, 0.29) is 0 Å². The Bertz CT molecular complexity index is 776. The van der Waals surface area contributed by atoms with Crippen LogP contribution >= 0.6 is 0 Å². The van der Waals surface area contributed by atoms with Crippen LogP contribution in [-0.4, -0.2) is 57.6 Å². The standard InChI is InChI=1S/C22H32N4O/c1-16-4-3-11-26(16)15-22-23-20-8-7-19(14-21(20)24-22)27-18-9-12-25(13-10-18)17-5-2-6-17/h7-8,14,16-18H,2-6,9-13,15H2,1H3,(H,23,24). The van der Waals surface area contributed by atoms with Crippen molar-refractivity contribution in [3.8, 4) is 5.75 Å². The molecule has 2 aromatic rings. The van der Waals surface area contributed by atoms with Gasteiger partial charge in [-0.2, -0.15) is 0 Å². The Morgan fingerprint density at radius 3 is 2.63 bits per heavy atom. The quantitative estimate of drug-likeness (QED) is 0.868. The molecule has 1 saturated carbocycles. The lowest BCUT2D eigenvalue weighted by Crippen LogP contribution is -2.46. The van der Waals surface area contributed by atoms with Gasteiger partial charge in [-0.1, -0.05) is 6.42 Å². The number of benzene rings is 1. The van der Waals surface area contributed by atoms with Crippen molar-refractivity contribution in [3.05, 3.63) is 24.0 Å². The Kier molecular flexibility index (Phi) is 4.82. The molecule has 1 atom stereocenters. The molecule has 0 spiro atoms. The second kappa shape index (κ2) is 7.44. The number of imidazole rings is 1. The molecular weight excluding hydrogens is 336 g/mol. The molecular formula is C22H32N4O. The van der Waals surface area contributed by atoms with Crippen molar-refractivity contribution >= 4 is 11.0 Å². The number of piperidine rings is 1. The molecule has 27 heavy (non-hydrogen) atoms. The van der Waals surface area contributed by atoms with E-state index in [2.05, 4.69) is 39.9 Å². The van der Waals surface area contributed by atoms with Gasteiger partial charge in [-0.05, 0) is 64.1 Å². The molecule has 2 saturated heterocycles. The summed E-state index contributed by atoms with van der Waals surface area (Å²) in [5, 5.41) is 0. The summed E-state index contributed by atoms with van der Waals surface area (Å²) in [5.74, 6) is 2.05. The third-order valence-electron chi connectivity index (χ3n) is 6.92. The highest BCUT2D eigenvalue weighted by molar-refractivity contribution is 5.76. The van der Waals surface area contributed by atoms with Gasteiger partial charge in [0.25, 0.3) is 0 Å². The summed E-state index contributed by atoms with van der Waals surface area (Å²) in [5.41, 5.74) is 2.14. The molecule has 1 aromatic carbocycles. The molecule has 146 valence electrons. The minimum absolute atomic E-state index is 0.353. The summed E-state index contributed by atoms with van der Waals surface area (Å²) < 4.78 is 6.32. The normalized spacial score (nSPS) is 25.9. The van der Waals surface area contributed by atoms with Gasteiger partial charge < -0.3 is 14.6 Å². The number of ether oxygens (including phenoxy) is 1. The van der Waals surface area contributed by atoms with Crippen molar-refractivity contribution in [2.45, 2.75) is 76.6 Å². The van der Waals surface area contributed by atoms with Crippen molar-refractivity contribution in [1.82, 2.24) is 19.8 Å². The summed E-state index contributed by atoms with van der Waals surface area (Å²) in [6.07, 6.45) is 9.49. The fourth-order valence-corrected chi connectivity index (χ4v) is 4.91. The van der Waals surface area contributed by atoms with E-state index >= 15 is 0 Å². The van der Waals surface area contributed by atoms with Gasteiger partial charge in [-0.15, -0.1) is 0 Å². The average molecular weight is 369 g/mol. The van der Waals surface area contributed by atoms with Gasteiger partial charge in [0.2, 0.25) is 0 Å². The third kappa shape index (κ3) is 3.72.